The standard InChI is InChI=1S/C20H18N4O5S/c1-2-18-23-24-20(30-18)22-19(26)13-5-3-4-6-14(13)21-17(25)10-27-12-7-8-15-16(9-12)29-11-28-15/h3-9H,2,10-11H2,1H3,(H,21,25)(H,22,24,26). The van der Waals surface area contributed by atoms with Gasteiger partial charge in [0.1, 0.15) is 10.8 Å². The fourth-order valence-electron chi connectivity index (χ4n) is 2.70. The smallest absolute Gasteiger partial charge is 0.262 e. The zero-order chi connectivity index (χ0) is 20.9. The Labute approximate surface area is 176 Å². The van der Waals surface area contributed by atoms with E-state index in [0.717, 1.165) is 11.4 Å². The van der Waals surface area contributed by atoms with Crippen molar-refractivity contribution in [2.75, 3.05) is 24.0 Å². The van der Waals surface area contributed by atoms with Gasteiger partial charge in [-0.05, 0) is 30.7 Å². The molecule has 2 heterocycles. The Morgan fingerprint density at radius 1 is 1.10 bits per heavy atom. The van der Waals surface area contributed by atoms with Crippen molar-refractivity contribution < 1.29 is 23.8 Å². The first-order chi connectivity index (χ1) is 14.6. The van der Waals surface area contributed by atoms with Gasteiger partial charge in [0.05, 0.1) is 11.3 Å². The topological polar surface area (TPSA) is 112 Å². The van der Waals surface area contributed by atoms with E-state index in [9.17, 15) is 9.59 Å². The zero-order valence-electron chi connectivity index (χ0n) is 16.0. The molecule has 1 aliphatic rings. The highest BCUT2D eigenvalue weighted by Crippen LogP contribution is 2.35. The van der Waals surface area contributed by atoms with Gasteiger partial charge in [0, 0.05) is 6.07 Å². The summed E-state index contributed by atoms with van der Waals surface area (Å²) in [6.45, 7) is 1.89. The minimum atomic E-state index is -0.405. The molecular formula is C20H18N4O5S. The minimum absolute atomic E-state index is 0.162. The average molecular weight is 426 g/mol. The molecule has 0 atom stereocenters. The quantitative estimate of drug-likeness (QED) is 0.597. The second-order valence-corrected chi connectivity index (χ2v) is 7.27. The third-order valence-corrected chi connectivity index (χ3v) is 5.13. The third-order valence-electron chi connectivity index (χ3n) is 4.15. The number of rotatable bonds is 7. The molecule has 0 bridgehead atoms. The molecule has 2 N–H and O–H groups in total. The molecule has 0 saturated heterocycles. The molecule has 10 heteroatoms. The normalized spacial score (nSPS) is 11.8. The van der Waals surface area contributed by atoms with Gasteiger partial charge in [-0.2, -0.15) is 0 Å². The molecule has 0 fully saturated rings. The van der Waals surface area contributed by atoms with E-state index in [1.54, 1.807) is 42.5 Å². The summed E-state index contributed by atoms with van der Waals surface area (Å²) in [6, 6.07) is 11.8. The van der Waals surface area contributed by atoms with E-state index < -0.39 is 5.91 Å². The van der Waals surface area contributed by atoms with E-state index in [-0.39, 0.29) is 19.3 Å². The number of nitrogens with one attached hydrogen (secondary N) is 2. The largest absolute Gasteiger partial charge is 0.484 e. The second-order valence-electron chi connectivity index (χ2n) is 6.21. The van der Waals surface area contributed by atoms with Crippen molar-refractivity contribution in [2.24, 2.45) is 0 Å². The maximum absolute atomic E-state index is 12.6. The molecule has 9 nitrogen and oxygen atoms in total. The summed E-state index contributed by atoms with van der Waals surface area (Å²) in [6.07, 6.45) is 0.740. The lowest BCUT2D eigenvalue weighted by Gasteiger charge is -2.11. The minimum Gasteiger partial charge on any atom is -0.484 e. The molecule has 154 valence electrons. The van der Waals surface area contributed by atoms with Gasteiger partial charge in [0.25, 0.3) is 11.8 Å². The number of hydrogen-bond donors (Lipinski definition) is 2. The van der Waals surface area contributed by atoms with Crippen molar-refractivity contribution in [2.45, 2.75) is 13.3 Å². The first kappa shape index (κ1) is 19.6. The number of anilines is 2. The number of aryl methyl sites for hydroxylation is 1. The van der Waals surface area contributed by atoms with E-state index in [4.69, 9.17) is 14.2 Å². The van der Waals surface area contributed by atoms with Gasteiger partial charge in [-0.25, -0.2) is 0 Å². The van der Waals surface area contributed by atoms with Crippen molar-refractivity contribution in [1.82, 2.24) is 10.2 Å². The first-order valence-corrected chi connectivity index (χ1v) is 9.99. The molecule has 0 unspecified atom stereocenters. The molecule has 4 rings (SSSR count). The lowest BCUT2D eigenvalue weighted by atomic mass is 10.1. The second kappa shape index (κ2) is 8.78. The highest BCUT2D eigenvalue weighted by Gasteiger charge is 2.17. The molecule has 0 saturated carbocycles. The molecule has 30 heavy (non-hydrogen) atoms. The molecule has 2 aromatic carbocycles. The van der Waals surface area contributed by atoms with Gasteiger partial charge in [-0.1, -0.05) is 30.4 Å². The van der Waals surface area contributed by atoms with Crippen molar-refractivity contribution in [3.05, 3.63) is 53.0 Å². The van der Waals surface area contributed by atoms with Crippen molar-refractivity contribution in [1.29, 1.82) is 0 Å². The Kier molecular flexibility index (Phi) is 5.75. The summed E-state index contributed by atoms with van der Waals surface area (Å²) in [5.41, 5.74) is 0.677. The number of hydrogen-bond acceptors (Lipinski definition) is 8. The summed E-state index contributed by atoms with van der Waals surface area (Å²) in [5, 5.41) is 14.6. The number of carbonyl (C=O) groups excluding carboxylic acids is 2. The summed E-state index contributed by atoms with van der Waals surface area (Å²) in [4.78, 5) is 25.0. The fourth-order valence-corrected chi connectivity index (χ4v) is 3.38. The summed E-state index contributed by atoms with van der Waals surface area (Å²) in [5.74, 6) is 0.882. The van der Waals surface area contributed by atoms with Gasteiger partial charge in [-0.3, -0.25) is 14.9 Å². The van der Waals surface area contributed by atoms with Crippen LogP contribution in [0, 0.1) is 0 Å². The lowest BCUT2D eigenvalue weighted by molar-refractivity contribution is -0.118. The van der Waals surface area contributed by atoms with Crippen molar-refractivity contribution >= 4 is 34.0 Å². The molecule has 0 aliphatic carbocycles. The number of aromatic nitrogens is 2. The van der Waals surface area contributed by atoms with E-state index in [1.165, 1.54) is 11.3 Å². The van der Waals surface area contributed by atoms with Crippen LogP contribution < -0.4 is 24.8 Å². The van der Waals surface area contributed by atoms with Crippen LogP contribution in [-0.4, -0.2) is 35.4 Å². The van der Waals surface area contributed by atoms with Crippen LogP contribution in [0.4, 0.5) is 10.8 Å². The van der Waals surface area contributed by atoms with Gasteiger partial charge < -0.3 is 19.5 Å². The van der Waals surface area contributed by atoms with Crippen LogP contribution >= 0.6 is 11.3 Å². The maximum Gasteiger partial charge on any atom is 0.262 e. The maximum atomic E-state index is 12.6. The molecule has 1 aliphatic heterocycles. The molecule has 1 aromatic heterocycles. The van der Waals surface area contributed by atoms with Gasteiger partial charge in [-0.15, -0.1) is 10.2 Å². The molecule has 0 radical (unpaired) electrons. The van der Waals surface area contributed by atoms with E-state index >= 15 is 0 Å². The first-order valence-electron chi connectivity index (χ1n) is 9.17. The van der Waals surface area contributed by atoms with Gasteiger partial charge in [0.15, 0.2) is 18.1 Å². The van der Waals surface area contributed by atoms with Crippen LogP contribution in [-0.2, 0) is 11.2 Å². The number of benzene rings is 2. The zero-order valence-corrected chi connectivity index (χ0v) is 16.8. The average Bonchev–Trinajstić information content (AvgIpc) is 3.41. The van der Waals surface area contributed by atoms with Crippen LogP contribution in [0.1, 0.15) is 22.3 Å². The Morgan fingerprint density at radius 2 is 1.93 bits per heavy atom. The van der Waals surface area contributed by atoms with Crippen LogP contribution in [0.2, 0.25) is 0 Å². The number of fused-ring (bicyclic) bond motifs is 1. The number of ether oxygens (including phenoxy) is 3. The van der Waals surface area contributed by atoms with Gasteiger partial charge >= 0.3 is 0 Å². The molecule has 3 aromatic rings. The van der Waals surface area contributed by atoms with Crippen molar-refractivity contribution in [3.8, 4) is 17.2 Å². The number of nitrogens with zero attached hydrogens (tertiary/aromatic N) is 2. The highest BCUT2D eigenvalue weighted by molar-refractivity contribution is 7.15. The SMILES string of the molecule is CCc1nnc(NC(=O)c2ccccc2NC(=O)COc2ccc3c(c2)OCO3)s1. The third kappa shape index (κ3) is 4.49. The predicted octanol–water partition coefficient (Wildman–Crippen LogP) is 3.10. The van der Waals surface area contributed by atoms with E-state index in [1.807, 2.05) is 6.92 Å². The van der Waals surface area contributed by atoms with Crippen LogP contribution in [0.15, 0.2) is 42.5 Å². The lowest BCUT2D eigenvalue weighted by Crippen LogP contribution is -2.22. The van der Waals surface area contributed by atoms with Gasteiger partial charge in [0.2, 0.25) is 11.9 Å². The number of para-hydroxylation sites is 1. The summed E-state index contributed by atoms with van der Waals surface area (Å²) in [7, 11) is 0. The summed E-state index contributed by atoms with van der Waals surface area (Å²) >= 11 is 1.31. The highest BCUT2D eigenvalue weighted by atomic mass is 32.1. The number of carbonyl (C=O) groups is 2. The van der Waals surface area contributed by atoms with Crippen molar-refractivity contribution in [3.63, 3.8) is 0 Å². The molecule has 2 amide bonds. The Hall–Kier alpha value is -3.66. The monoisotopic (exact) mass is 426 g/mol. The molecular weight excluding hydrogens is 408 g/mol. The summed E-state index contributed by atoms with van der Waals surface area (Å²) < 4.78 is 16.0. The van der Waals surface area contributed by atoms with Crippen LogP contribution in [0.5, 0.6) is 17.2 Å². The van der Waals surface area contributed by atoms with E-state index in [2.05, 4.69) is 20.8 Å². The Morgan fingerprint density at radius 3 is 2.77 bits per heavy atom. The number of amides is 2. The fraction of sp³-hybridized carbons (Fsp3) is 0.200. The van der Waals surface area contributed by atoms with E-state index in [0.29, 0.717) is 33.6 Å². The Bertz CT molecular complexity index is 1080. The predicted molar refractivity (Wildman–Crippen MR) is 110 cm³/mol. The van der Waals surface area contributed by atoms with Crippen LogP contribution in [0.25, 0.3) is 0 Å². The Balaban J connectivity index is 1.38. The van der Waals surface area contributed by atoms with Crippen LogP contribution in [0.3, 0.4) is 0 Å². The molecule has 0 spiro atoms.